The quantitative estimate of drug-likeness (QED) is 0.883. The predicted molar refractivity (Wildman–Crippen MR) is 92.4 cm³/mol. The summed E-state index contributed by atoms with van der Waals surface area (Å²) < 4.78 is 0. The number of hydrogen-bond acceptors (Lipinski definition) is 2. The number of nitrogens with one attached hydrogen (secondary N) is 1. The molecule has 0 amide bonds. The van der Waals surface area contributed by atoms with Crippen molar-refractivity contribution in [3.8, 4) is 0 Å². The Bertz CT molecular complexity index is 348. The second-order valence-electron chi connectivity index (χ2n) is 5.35. The van der Waals surface area contributed by atoms with Gasteiger partial charge in [-0.25, -0.2) is 0 Å². The zero-order valence-electron chi connectivity index (χ0n) is 12.6. The molecule has 0 saturated carbocycles. The smallest absolute Gasteiger partial charge is 0.0349 e. The highest BCUT2D eigenvalue weighted by Gasteiger charge is 2.21. The third-order valence-corrected chi connectivity index (χ3v) is 3.89. The lowest BCUT2D eigenvalue weighted by molar-refractivity contribution is 0.163. The molecule has 1 aromatic carbocycles. The lowest BCUT2D eigenvalue weighted by atomic mass is 9.98. The molecule has 1 N–H and O–H groups in total. The molecule has 1 atom stereocenters. The van der Waals surface area contributed by atoms with Gasteiger partial charge in [-0.1, -0.05) is 49.6 Å². The van der Waals surface area contributed by atoms with Crippen LogP contribution < -0.4 is 5.32 Å². The first kappa shape index (κ1) is 19.7. The van der Waals surface area contributed by atoms with E-state index in [2.05, 4.69) is 48.3 Å². The van der Waals surface area contributed by atoms with Gasteiger partial charge in [-0.2, -0.15) is 0 Å². The summed E-state index contributed by atoms with van der Waals surface area (Å²) in [4.78, 5) is 2.65. The second-order valence-corrected chi connectivity index (χ2v) is 5.35. The number of benzene rings is 1. The van der Waals surface area contributed by atoms with Crippen LogP contribution in [0.15, 0.2) is 24.3 Å². The Labute approximate surface area is 136 Å². The van der Waals surface area contributed by atoms with Crippen molar-refractivity contribution in [1.29, 1.82) is 0 Å². The predicted octanol–water partition coefficient (Wildman–Crippen LogP) is 3.98. The summed E-state index contributed by atoms with van der Waals surface area (Å²) in [5.74, 6) is 0. The molecule has 1 aliphatic rings. The summed E-state index contributed by atoms with van der Waals surface area (Å²) >= 11 is 0. The van der Waals surface area contributed by atoms with E-state index in [1.807, 2.05) is 0 Å². The van der Waals surface area contributed by atoms with Crippen molar-refractivity contribution in [2.45, 2.75) is 39.2 Å². The van der Waals surface area contributed by atoms with Crippen LogP contribution in [0.2, 0.25) is 0 Å². The van der Waals surface area contributed by atoms with Crippen LogP contribution in [0.25, 0.3) is 0 Å². The highest BCUT2D eigenvalue weighted by Crippen LogP contribution is 2.26. The standard InChI is InChI=1S/C16H26N2.2ClH/c1-3-4-5-16(18-12-10-17-11-13-18)15-8-6-14(2)7-9-15;;/h6-9,16-17H,3-5,10-13H2,1-2H3;2*1H/t16-;;/m0../s1. The van der Waals surface area contributed by atoms with Gasteiger partial charge in [-0.05, 0) is 18.9 Å². The summed E-state index contributed by atoms with van der Waals surface area (Å²) in [7, 11) is 0. The molecule has 20 heavy (non-hydrogen) atoms. The fraction of sp³-hybridized carbons (Fsp3) is 0.625. The molecule has 0 spiro atoms. The van der Waals surface area contributed by atoms with Crippen molar-refractivity contribution in [1.82, 2.24) is 10.2 Å². The molecule has 0 aliphatic carbocycles. The summed E-state index contributed by atoms with van der Waals surface area (Å²) in [5, 5.41) is 3.44. The molecular weight excluding hydrogens is 291 g/mol. The molecule has 1 heterocycles. The number of hydrogen-bond donors (Lipinski definition) is 1. The van der Waals surface area contributed by atoms with Crippen LogP contribution in [0.4, 0.5) is 0 Å². The maximum atomic E-state index is 3.44. The fourth-order valence-electron chi connectivity index (χ4n) is 2.74. The molecule has 1 aromatic rings. The first-order valence-electron chi connectivity index (χ1n) is 7.32. The van der Waals surface area contributed by atoms with E-state index >= 15 is 0 Å². The number of aryl methyl sites for hydroxylation is 1. The third kappa shape index (κ3) is 5.61. The largest absolute Gasteiger partial charge is 0.314 e. The van der Waals surface area contributed by atoms with Gasteiger partial charge in [0.05, 0.1) is 0 Å². The highest BCUT2D eigenvalue weighted by molar-refractivity contribution is 5.85. The van der Waals surface area contributed by atoms with Gasteiger partial charge in [0.25, 0.3) is 0 Å². The minimum Gasteiger partial charge on any atom is -0.314 e. The van der Waals surface area contributed by atoms with Crippen molar-refractivity contribution in [2.75, 3.05) is 26.2 Å². The first-order valence-corrected chi connectivity index (χ1v) is 7.32. The van der Waals surface area contributed by atoms with Crippen LogP contribution in [0.3, 0.4) is 0 Å². The minimum absolute atomic E-state index is 0. The number of halogens is 2. The Hall–Kier alpha value is -0.280. The SMILES string of the molecule is CCCC[C@@H](c1ccc(C)cc1)N1CCNCC1.Cl.Cl. The topological polar surface area (TPSA) is 15.3 Å². The Morgan fingerprint density at radius 1 is 1.10 bits per heavy atom. The maximum absolute atomic E-state index is 3.44. The Morgan fingerprint density at radius 3 is 2.25 bits per heavy atom. The van der Waals surface area contributed by atoms with Gasteiger partial charge >= 0.3 is 0 Å². The second kappa shape index (κ2) is 10.4. The molecule has 2 rings (SSSR count). The molecule has 4 heteroatoms. The van der Waals surface area contributed by atoms with Crippen molar-refractivity contribution in [3.63, 3.8) is 0 Å². The van der Waals surface area contributed by atoms with Gasteiger partial charge in [0, 0.05) is 32.2 Å². The van der Waals surface area contributed by atoms with Gasteiger partial charge in [0.2, 0.25) is 0 Å². The Balaban J connectivity index is 0.00000180. The first-order chi connectivity index (χ1) is 8.81. The van der Waals surface area contributed by atoms with Gasteiger partial charge < -0.3 is 5.32 Å². The average Bonchev–Trinajstić information content (AvgIpc) is 2.42. The zero-order valence-corrected chi connectivity index (χ0v) is 14.2. The van der Waals surface area contributed by atoms with Crippen LogP contribution in [-0.2, 0) is 0 Å². The summed E-state index contributed by atoms with van der Waals surface area (Å²) in [6.07, 6.45) is 3.90. The van der Waals surface area contributed by atoms with E-state index in [-0.39, 0.29) is 24.8 Å². The molecule has 2 nitrogen and oxygen atoms in total. The van der Waals surface area contributed by atoms with Gasteiger partial charge in [0.1, 0.15) is 0 Å². The van der Waals surface area contributed by atoms with Crippen molar-refractivity contribution in [3.05, 3.63) is 35.4 Å². The van der Waals surface area contributed by atoms with Crippen molar-refractivity contribution >= 4 is 24.8 Å². The number of nitrogens with zero attached hydrogens (tertiary/aromatic N) is 1. The van der Waals surface area contributed by atoms with Gasteiger partial charge in [0.15, 0.2) is 0 Å². The van der Waals surface area contributed by atoms with Crippen molar-refractivity contribution in [2.24, 2.45) is 0 Å². The molecule has 0 radical (unpaired) electrons. The van der Waals surface area contributed by atoms with E-state index in [0.29, 0.717) is 6.04 Å². The highest BCUT2D eigenvalue weighted by atomic mass is 35.5. The lowest BCUT2D eigenvalue weighted by Crippen LogP contribution is -2.45. The molecule has 0 unspecified atom stereocenters. The number of piperazine rings is 1. The van der Waals surface area contributed by atoms with Gasteiger partial charge in [-0.3, -0.25) is 4.90 Å². The molecule has 1 aliphatic heterocycles. The lowest BCUT2D eigenvalue weighted by Gasteiger charge is -2.35. The molecule has 1 fully saturated rings. The number of rotatable bonds is 5. The third-order valence-electron chi connectivity index (χ3n) is 3.89. The zero-order chi connectivity index (χ0) is 12.8. The summed E-state index contributed by atoms with van der Waals surface area (Å²) in [6.45, 7) is 9.08. The monoisotopic (exact) mass is 318 g/mol. The van der Waals surface area contributed by atoms with Gasteiger partial charge in [-0.15, -0.1) is 24.8 Å². The van der Waals surface area contributed by atoms with E-state index in [1.165, 1.54) is 43.5 Å². The molecular formula is C16H28Cl2N2. The van der Waals surface area contributed by atoms with Crippen molar-refractivity contribution < 1.29 is 0 Å². The maximum Gasteiger partial charge on any atom is 0.0349 e. The summed E-state index contributed by atoms with van der Waals surface area (Å²) in [6, 6.07) is 9.75. The van der Waals surface area contributed by atoms with Crippen LogP contribution in [0.5, 0.6) is 0 Å². The molecule has 0 aromatic heterocycles. The minimum atomic E-state index is 0. The average molecular weight is 319 g/mol. The molecule has 116 valence electrons. The van der Waals surface area contributed by atoms with Crippen LogP contribution in [0.1, 0.15) is 43.4 Å². The normalized spacial score (nSPS) is 16.9. The van der Waals surface area contributed by atoms with E-state index in [9.17, 15) is 0 Å². The summed E-state index contributed by atoms with van der Waals surface area (Å²) in [5.41, 5.74) is 2.85. The van der Waals surface area contributed by atoms with Crippen LogP contribution in [-0.4, -0.2) is 31.1 Å². The Morgan fingerprint density at radius 2 is 1.70 bits per heavy atom. The number of unbranched alkanes of at least 4 members (excludes halogenated alkanes) is 1. The molecule has 1 saturated heterocycles. The van der Waals surface area contributed by atoms with E-state index < -0.39 is 0 Å². The van der Waals surface area contributed by atoms with E-state index in [0.717, 1.165) is 13.1 Å². The Kier molecular flexibility index (Phi) is 10.3. The van der Waals surface area contributed by atoms with Crippen LogP contribution in [0, 0.1) is 6.92 Å². The molecule has 0 bridgehead atoms. The fourth-order valence-corrected chi connectivity index (χ4v) is 2.74. The van der Waals surface area contributed by atoms with E-state index in [1.54, 1.807) is 0 Å². The van der Waals surface area contributed by atoms with E-state index in [4.69, 9.17) is 0 Å². The van der Waals surface area contributed by atoms with Crippen LogP contribution >= 0.6 is 24.8 Å².